The Morgan fingerprint density at radius 3 is 2.93 bits per heavy atom. The fraction of sp³-hybridized carbons (Fsp3) is 0.429. The summed E-state index contributed by atoms with van der Waals surface area (Å²) < 4.78 is 11.4. The maximum Gasteiger partial charge on any atom is 0.223 e. The molecule has 7 heteroatoms. The van der Waals surface area contributed by atoms with Gasteiger partial charge in [-0.2, -0.15) is 4.98 Å². The van der Waals surface area contributed by atoms with Crippen molar-refractivity contribution in [2.45, 2.75) is 0 Å². The zero-order chi connectivity index (χ0) is 10.6. The molecule has 1 rings (SSSR count). The van der Waals surface area contributed by atoms with Gasteiger partial charge in [0.1, 0.15) is 10.4 Å². The van der Waals surface area contributed by atoms with Gasteiger partial charge in [-0.05, 0) is 15.9 Å². The monoisotopic (exact) mass is 278 g/mol. The molecule has 0 aliphatic heterocycles. The Labute approximate surface area is 93.1 Å². The number of aromatic nitrogens is 2. The summed E-state index contributed by atoms with van der Waals surface area (Å²) in [5.74, 6) is 1.43. The second-order valence-corrected chi connectivity index (χ2v) is 5.01. The number of halogens is 1. The van der Waals surface area contributed by atoms with Crippen LogP contribution in [0, 0.1) is 0 Å². The number of anilines is 2. The van der Waals surface area contributed by atoms with E-state index in [1.807, 2.05) is 0 Å². The highest BCUT2D eigenvalue weighted by molar-refractivity contribution is 9.10. The Bertz CT molecular complexity index is 326. The van der Waals surface area contributed by atoms with E-state index < -0.39 is 10.8 Å². The fourth-order valence-corrected chi connectivity index (χ4v) is 1.64. The van der Waals surface area contributed by atoms with Gasteiger partial charge in [0.05, 0.1) is 0 Å². The van der Waals surface area contributed by atoms with Gasteiger partial charge in [0.25, 0.3) is 0 Å². The second kappa shape index (κ2) is 5.26. The summed E-state index contributed by atoms with van der Waals surface area (Å²) in [4.78, 5) is 7.82. The first kappa shape index (κ1) is 11.4. The van der Waals surface area contributed by atoms with Crippen LogP contribution in [-0.4, -0.2) is 32.7 Å². The van der Waals surface area contributed by atoms with Crippen molar-refractivity contribution in [3.8, 4) is 0 Å². The number of nitrogens with zero attached hydrogens (tertiary/aromatic N) is 2. The zero-order valence-electron chi connectivity index (χ0n) is 7.66. The van der Waals surface area contributed by atoms with Crippen molar-refractivity contribution in [2.24, 2.45) is 0 Å². The molecule has 1 aromatic heterocycles. The highest BCUT2D eigenvalue weighted by Crippen LogP contribution is 2.12. The first-order chi connectivity index (χ1) is 6.58. The minimum absolute atomic E-state index is 0.208. The van der Waals surface area contributed by atoms with E-state index in [-0.39, 0.29) is 5.95 Å². The molecular weight excluding hydrogens is 268 g/mol. The molecule has 1 atom stereocenters. The molecule has 0 radical (unpaired) electrons. The quantitative estimate of drug-likeness (QED) is 0.789. The summed E-state index contributed by atoms with van der Waals surface area (Å²) in [6.07, 6.45) is 1.66. The molecular formula is C7H11BrN4OS. The summed E-state index contributed by atoms with van der Waals surface area (Å²) in [5.41, 5.74) is 5.44. The molecule has 0 aromatic carbocycles. The Kier molecular flexibility index (Phi) is 4.27. The van der Waals surface area contributed by atoms with Crippen molar-refractivity contribution < 1.29 is 4.21 Å². The van der Waals surface area contributed by atoms with Crippen LogP contribution < -0.4 is 11.1 Å². The summed E-state index contributed by atoms with van der Waals surface area (Å²) in [7, 11) is -0.799. The van der Waals surface area contributed by atoms with Crippen molar-refractivity contribution in [2.75, 3.05) is 29.6 Å². The van der Waals surface area contributed by atoms with Crippen LogP contribution >= 0.6 is 15.9 Å². The number of nitrogens with one attached hydrogen (secondary N) is 1. The minimum Gasteiger partial charge on any atom is -0.369 e. The largest absolute Gasteiger partial charge is 0.369 e. The lowest BCUT2D eigenvalue weighted by Gasteiger charge is -2.04. The van der Waals surface area contributed by atoms with Crippen molar-refractivity contribution in [1.82, 2.24) is 9.97 Å². The molecule has 0 aliphatic rings. The Balaban J connectivity index is 2.54. The van der Waals surface area contributed by atoms with Gasteiger partial charge in [-0.3, -0.25) is 4.21 Å². The van der Waals surface area contributed by atoms with E-state index in [1.165, 1.54) is 0 Å². The average Bonchev–Trinajstić information content (AvgIpc) is 2.01. The van der Waals surface area contributed by atoms with Gasteiger partial charge in [-0.1, -0.05) is 0 Å². The van der Waals surface area contributed by atoms with Crippen LogP contribution in [0.3, 0.4) is 0 Å². The Hall–Kier alpha value is -0.690. The molecule has 1 aromatic rings. The maximum absolute atomic E-state index is 10.8. The number of hydrogen-bond donors (Lipinski definition) is 2. The molecule has 78 valence electrons. The maximum atomic E-state index is 10.8. The topological polar surface area (TPSA) is 80.9 Å². The SMILES string of the molecule is CS(=O)CCNc1cc(Br)nc(N)n1. The molecule has 3 N–H and O–H groups in total. The van der Waals surface area contributed by atoms with E-state index in [1.54, 1.807) is 12.3 Å². The highest BCUT2D eigenvalue weighted by Gasteiger charge is 1.99. The van der Waals surface area contributed by atoms with E-state index in [0.29, 0.717) is 22.7 Å². The van der Waals surface area contributed by atoms with E-state index >= 15 is 0 Å². The van der Waals surface area contributed by atoms with Gasteiger partial charge in [0.15, 0.2) is 0 Å². The summed E-state index contributed by atoms with van der Waals surface area (Å²) in [6, 6.07) is 1.72. The van der Waals surface area contributed by atoms with Crippen LogP contribution in [0.4, 0.5) is 11.8 Å². The van der Waals surface area contributed by atoms with Crippen LogP contribution in [0.5, 0.6) is 0 Å². The molecule has 0 saturated heterocycles. The van der Waals surface area contributed by atoms with Crippen LogP contribution in [0.1, 0.15) is 0 Å². The summed E-state index contributed by atoms with van der Waals surface area (Å²) in [5, 5.41) is 3.00. The third-order valence-corrected chi connectivity index (χ3v) is 2.59. The third kappa shape index (κ3) is 4.01. The fourth-order valence-electron chi connectivity index (χ4n) is 0.849. The summed E-state index contributed by atoms with van der Waals surface area (Å²) in [6.45, 7) is 0.603. The Morgan fingerprint density at radius 1 is 1.64 bits per heavy atom. The predicted molar refractivity (Wildman–Crippen MR) is 61.6 cm³/mol. The first-order valence-corrected chi connectivity index (χ1v) is 6.44. The number of rotatable bonds is 4. The average molecular weight is 279 g/mol. The molecule has 0 amide bonds. The first-order valence-electron chi connectivity index (χ1n) is 3.92. The normalized spacial score (nSPS) is 12.4. The van der Waals surface area contributed by atoms with Crippen molar-refractivity contribution in [1.29, 1.82) is 0 Å². The lowest BCUT2D eigenvalue weighted by Crippen LogP contribution is -2.11. The molecule has 0 spiro atoms. The van der Waals surface area contributed by atoms with Gasteiger partial charge < -0.3 is 11.1 Å². The van der Waals surface area contributed by atoms with Crippen molar-refractivity contribution in [3.05, 3.63) is 10.7 Å². The van der Waals surface area contributed by atoms with Gasteiger partial charge in [0.2, 0.25) is 5.95 Å². The summed E-state index contributed by atoms with van der Waals surface area (Å²) >= 11 is 3.20. The van der Waals surface area contributed by atoms with E-state index in [9.17, 15) is 4.21 Å². The van der Waals surface area contributed by atoms with Crippen LogP contribution in [0.15, 0.2) is 10.7 Å². The lowest BCUT2D eigenvalue weighted by atomic mass is 10.5. The lowest BCUT2D eigenvalue weighted by molar-refractivity contribution is 0.687. The van der Waals surface area contributed by atoms with Crippen LogP contribution in [0.2, 0.25) is 0 Å². The predicted octanol–water partition coefficient (Wildman–Crippen LogP) is 0.612. The molecule has 0 saturated carbocycles. The third-order valence-electron chi connectivity index (χ3n) is 1.41. The number of nitrogens with two attached hydrogens (primary N) is 1. The molecule has 1 unspecified atom stereocenters. The number of hydrogen-bond acceptors (Lipinski definition) is 5. The molecule has 0 aliphatic carbocycles. The molecule has 14 heavy (non-hydrogen) atoms. The minimum atomic E-state index is -0.799. The van der Waals surface area contributed by atoms with E-state index in [0.717, 1.165) is 0 Å². The van der Waals surface area contributed by atoms with Gasteiger partial charge in [-0.15, -0.1) is 0 Å². The van der Waals surface area contributed by atoms with Gasteiger partial charge in [-0.25, -0.2) is 4.98 Å². The molecule has 5 nitrogen and oxygen atoms in total. The number of nitrogen functional groups attached to an aromatic ring is 1. The van der Waals surface area contributed by atoms with Crippen molar-refractivity contribution >= 4 is 38.5 Å². The zero-order valence-corrected chi connectivity index (χ0v) is 10.1. The van der Waals surface area contributed by atoms with Crippen molar-refractivity contribution in [3.63, 3.8) is 0 Å². The standard InChI is InChI=1S/C7H11BrN4OS/c1-14(13)3-2-10-6-4-5(8)11-7(9)12-6/h4H,2-3H2,1H3,(H3,9,10,11,12). The van der Waals surface area contributed by atoms with E-state index in [2.05, 4.69) is 31.2 Å². The second-order valence-electron chi connectivity index (χ2n) is 2.64. The van der Waals surface area contributed by atoms with Crippen LogP contribution in [0.25, 0.3) is 0 Å². The molecule has 1 heterocycles. The highest BCUT2D eigenvalue weighted by atomic mass is 79.9. The molecule has 0 bridgehead atoms. The van der Waals surface area contributed by atoms with Crippen LogP contribution in [-0.2, 0) is 10.8 Å². The Morgan fingerprint density at radius 2 is 2.36 bits per heavy atom. The van der Waals surface area contributed by atoms with Gasteiger partial charge >= 0.3 is 0 Å². The van der Waals surface area contributed by atoms with Gasteiger partial charge in [0, 0.05) is 35.4 Å². The smallest absolute Gasteiger partial charge is 0.223 e. The molecule has 0 fully saturated rings. The van der Waals surface area contributed by atoms with E-state index in [4.69, 9.17) is 5.73 Å².